The van der Waals surface area contributed by atoms with Gasteiger partial charge in [-0.25, -0.2) is 0 Å². The first-order chi connectivity index (χ1) is 8.53. The minimum Gasteiger partial charge on any atom is -0.493 e. The van der Waals surface area contributed by atoms with Gasteiger partial charge in [-0.2, -0.15) is 0 Å². The fourth-order valence-corrected chi connectivity index (χ4v) is 3.19. The normalized spacial score (nSPS) is 25.3. The zero-order valence-electron chi connectivity index (χ0n) is 11.2. The molecule has 2 aliphatic rings. The molecular weight excluding hydrogens is 222 g/mol. The fourth-order valence-electron chi connectivity index (χ4n) is 3.19. The minimum atomic E-state index is 0.188. The average Bonchev–Trinajstić information content (AvgIpc) is 2.72. The van der Waals surface area contributed by atoms with Gasteiger partial charge in [0.15, 0.2) is 0 Å². The first-order valence-corrected chi connectivity index (χ1v) is 6.76. The number of rotatable bonds is 1. The van der Waals surface area contributed by atoms with Crippen LogP contribution in [0.4, 0.5) is 0 Å². The third-order valence-corrected chi connectivity index (χ3v) is 3.93. The summed E-state index contributed by atoms with van der Waals surface area (Å²) in [6.45, 7) is 5.43. The van der Waals surface area contributed by atoms with Crippen LogP contribution in [0.15, 0.2) is 24.3 Å². The highest BCUT2D eigenvalue weighted by atomic mass is 16.5. The van der Waals surface area contributed by atoms with E-state index in [1.54, 1.807) is 0 Å². The van der Waals surface area contributed by atoms with Gasteiger partial charge >= 0.3 is 0 Å². The average molecular weight is 243 g/mol. The summed E-state index contributed by atoms with van der Waals surface area (Å²) in [6, 6.07) is 6.74. The second kappa shape index (κ2) is 4.13. The van der Waals surface area contributed by atoms with E-state index in [2.05, 4.69) is 38.1 Å². The Labute approximate surface area is 109 Å². The maximum absolute atomic E-state index is 6.15. The van der Waals surface area contributed by atoms with Crippen molar-refractivity contribution >= 4 is 5.57 Å². The molecule has 0 fully saturated rings. The van der Waals surface area contributed by atoms with Crippen LogP contribution in [-0.2, 0) is 6.42 Å². The van der Waals surface area contributed by atoms with E-state index in [1.807, 2.05) is 0 Å². The summed E-state index contributed by atoms with van der Waals surface area (Å²) in [7, 11) is 0. The molecule has 2 nitrogen and oxygen atoms in total. The highest BCUT2D eigenvalue weighted by Crippen LogP contribution is 2.40. The molecule has 1 aliphatic carbocycles. The molecule has 0 saturated heterocycles. The highest BCUT2D eigenvalue weighted by molar-refractivity contribution is 5.69. The topological polar surface area (TPSA) is 35.2 Å². The van der Waals surface area contributed by atoms with E-state index in [4.69, 9.17) is 10.5 Å². The lowest BCUT2D eigenvalue weighted by molar-refractivity contribution is 0.319. The van der Waals surface area contributed by atoms with Crippen molar-refractivity contribution in [3.63, 3.8) is 0 Å². The van der Waals surface area contributed by atoms with Crippen molar-refractivity contribution in [1.82, 2.24) is 0 Å². The van der Waals surface area contributed by atoms with Gasteiger partial charge in [-0.1, -0.05) is 26.0 Å². The van der Waals surface area contributed by atoms with Crippen LogP contribution in [0.2, 0.25) is 0 Å². The van der Waals surface area contributed by atoms with Crippen molar-refractivity contribution in [2.45, 2.75) is 39.2 Å². The van der Waals surface area contributed by atoms with Crippen molar-refractivity contribution in [3.8, 4) is 5.75 Å². The molecule has 1 heterocycles. The van der Waals surface area contributed by atoms with Gasteiger partial charge in [0.05, 0.1) is 6.61 Å². The number of nitrogens with two attached hydrogens (primary N) is 1. The van der Waals surface area contributed by atoms with Gasteiger partial charge in [0.2, 0.25) is 0 Å². The van der Waals surface area contributed by atoms with Crippen molar-refractivity contribution in [2.24, 2.45) is 11.1 Å². The number of hydrogen-bond donors (Lipinski definition) is 1. The summed E-state index contributed by atoms with van der Waals surface area (Å²) < 4.78 is 5.56. The fraction of sp³-hybridized carbons (Fsp3) is 0.500. The van der Waals surface area contributed by atoms with E-state index in [1.165, 1.54) is 16.7 Å². The maximum Gasteiger partial charge on any atom is 0.122 e. The predicted octanol–water partition coefficient (Wildman–Crippen LogP) is 3.15. The summed E-state index contributed by atoms with van der Waals surface area (Å²) in [5, 5.41) is 0. The second-order valence-electron chi connectivity index (χ2n) is 6.32. The molecule has 18 heavy (non-hydrogen) atoms. The van der Waals surface area contributed by atoms with Gasteiger partial charge in [-0.3, -0.25) is 0 Å². The van der Waals surface area contributed by atoms with Crippen molar-refractivity contribution in [1.29, 1.82) is 0 Å². The van der Waals surface area contributed by atoms with Crippen LogP contribution >= 0.6 is 0 Å². The first kappa shape index (κ1) is 11.8. The lowest BCUT2D eigenvalue weighted by atomic mass is 9.74. The maximum atomic E-state index is 6.15. The Hall–Kier alpha value is -1.28. The molecule has 3 rings (SSSR count). The van der Waals surface area contributed by atoms with Gasteiger partial charge in [0.25, 0.3) is 0 Å². The molecular formula is C16H21NO. The van der Waals surface area contributed by atoms with Crippen molar-refractivity contribution < 1.29 is 4.74 Å². The Morgan fingerprint density at radius 1 is 1.33 bits per heavy atom. The number of ether oxygens (including phenoxy) is 1. The number of fused-ring (bicyclic) bond motifs is 1. The second-order valence-corrected chi connectivity index (χ2v) is 6.32. The van der Waals surface area contributed by atoms with E-state index in [0.717, 1.165) is 31.6 Å². The first-order valence-electron chi connectivity index (χ1n) is 6.76. The summed E-state index contributed by atoms with van der Waals surface area (Å²) >= 11 is 0. The largest absolute Gasteiger partial charge is 0.493 e. The zero-order chi connectivity index (χ0) is 12.8. The van der Waals surface area contributed by atoms with Crippen LogP contribution in [0.25, 0.3) is 5.57 Å². The molecule has 1 aromatic carbocycles. The van der Waals surface area contributed by atoms with Crippen LogP contribution < -0.4 is 10.5 Å². The van der Waals surface area contributed by atoms with Crippen LogP contribution in [0.5, 0.6) is 5.75 Å². The van der Waals surface area contributed by atoms with Crippen molar-refractivity contribution in [3.05, 3.63) is 35.4 Å². The monoisotopic (exact) mass is 243 g/mol. The van der Waals surface area contributed by atoms with E-state index < -0.39 is 0 Å². The SMILES string of the molecule is CC1(C)CC(c2ccc3c(c2)CCO3)=CC(N)C1. The lowest BCUT2D eigenvalue weighted by Crippen LogP contribution is -2.30. The van der Waals surface area contributed by atoms with Crippen molar-refractivity contribution in [2.75, 3.05) is 6.61 Å². The van der Waals surface area contributed by atoms with Gasteiger partial charge in [-0.15, -0.1) is 0 Å². The quantitative estimate of drug-likeness (QED) is 0.822. The zero-order valence-corrected chi connectivity index (χ0v) is 11.2. The number of hydrogen-bond acceptors (Lipinski definition) is 2. The van der Waals surface area contributed by atoms with Crippen LogP contribution in [0, 0.1) is 5.41 Å². The third-order valence-electron chi connectivity index (χ3n) is 3.93. The molecule has 0 bridgehead atoms. The van der Waals surface area contributed by atoms with Gasteiger partial charge in [0.1, 0.15) is 5.75 Å². The molecule has 0 aromatic heterocycles. The van der Waals surface area contributed by atoms with Crippen LogP contribution in [0.1, 0.15) is 37.8 Å². The van der Waals surface area contributed by atoms with E-state index in [-0.39, 0.29) is 6.04 Å². The highest BCUT2D eigenvalue weighted by Gasteiger charge is 2.27. The predicted molar refractivity (Wildman–Crippen MR) is 74.6 cm³/mol. The summed E-state index contributed by atoms with van der Waals surface area (Å²) in [6.07, 6.45) is 5.46. The Morgan fingerprint density at radius 2 is 2.17 bits per heavy atom. The smallest absolute Gasteiger partial charge is 0.122 e. The lowest BCUT2D eigenvalue weighted by Gasteiger charge is -2.33. The van der Waals surface area contributed by atoms with E-state index >= 15 is 0 Å². The van der Waals surface area contributed by atoms with Gasteiger partial charge in [-0.05, 0) is 47.1 Å². The summed E-state index contributed by atoms with van der Waals surface area (Å²) in [5.41, 5.74) is 10.5. The molecule has 0 amide bonds. The molecule has 1 aliphatic heterocycles. The summed E-state index contributed by atoms with van der Waals surface area (Å²) in [5.74, 6) is 1.05. The molecule has 96 valence electrons. The molecule has 0 radical (unpaired) electrons. The van der Waals surface area contributed by atoms with E-state index in [9.17, 15) is 0 Å². The Balaban J connectivity index is 1.95. The molecule has 1 aromatic rings. The Morgan fingerprint density at radius 3 is 2.94 bits per heavy atom. The summed E-state index contributed by atoms with van der Waals surface area (Å²) in [4.78, 5) is 0. The molecule has 2 heteroatoms. The van der Waals surface area contributed by atoms with Crippen LogP contribution in [-0.4, -0.2) is 12.6 Å². The van der Waals surface area contributed by atoms with Gasteiger partial charge < -0.3 is 10.5 Å². The minimum absolute atomic E-state index is 0.188. The third kappa shape index (κ3) is 2.17. The Kier molecular flexibility index (Phi) is 2.70. The molecule has 0 saturated carbocycles. The molecule has 1 atom stereocenters. The van der Waals surface area contributed by atoms with E-state index in [0.29, 0.717) is 5.41 Å². The number of allylic oxidation sites excluding steroid dienone is 1. The standard InChI is InChI=1S/C16H21NO/c1-16(2)9-13(8-14(17)10-16)11-3-4-15-12(7-11)5-6-18-15/h3-4,7-8,14H,5-6,9-10,17H2,1-2H3. The molecule has 1 unspecified atom stereocenters. The number of benzene rings is 1. The van der Waals surface area contributed by atoms with Gasteiger partial charge in [0, 0.05) is 12.5 Å². The molecule has 0 spiro atoms. The molecule has 2 N–H and O–H groups in total. The Bertz CT molecular complexity index is 502. The van der Waals surface area contributed by atoms with Crippen LogP contribution in [0.3, 0.4) is 0 Å².